The molecule has 0 spiro atoms. The second-order valence-corrected chi connectivity index (χ2v) is 4.81. The Morgan fingerprint density at radius 1 is 1.17 bits per heavy atom. The molecule has 2 N–H and O–H groups in total. The van der Waals surface area contributed by atoms with Crippen LogP contribution < -0.4 is 5.73 Å². The summed E-state index contributed by atoms with van der Waals surface area (Å²) in [5.74, 6) is 0. The van der Waals surface area contributed by atoms with Crippen molar-refractivity contribution in [2.45, 2.75) is 19.5 Å². The Morgan fingerprint density at radius 2 is 2.00 bits per heavy atom. The van der Waals surface area contributed by atoms with Gasteiger partial charge in [-0.25, -0.2) is 0 Å². The predicted molar refractivity (Wildman–Crippen MR) is 72.9 cm³/mol. The fourth-order valence-electron chi connectivity index (χ4n) is 2.51. The first-order chi connectivity index (χ1) is 8.83. The van der Waals surface area contributed by atoms with Gasteiger partial charge in [-0.3, -0.25) is 9.88 Å². The summed E-state index contributed by atoms with van der Waals surface area (Å²) in [6, 6.07) is 10.6. The summed E-state index contributed by atoms with van der Waals surface area (Å²) in [5, 5.41) is 0. The van der Waals surface area contributed by atoms with Crippen molar-refractivity contribution >= 4 is 5.69 Å². The zero-order valence-electron chi connectivity index (χ0n) is 10.3. The number of nitrogens with two attached hydrogens (primary N) is 1. The van der Waals surface area contributed by atoms with E-state index in [2.05, 4.69) is 40.2 Å². The molecule has 3 rings (SSSR count). The SMILES string of the molecule is Nc1cncc2c1CN(Cc1ccccc1)CC2. The van der Waals surface area contributed by atoms with Gasteiger partial charge in [0.15, 0.2) is 0 Å². The Balaban J connectivity index is 1.77. The standard InChI is InChI=1S/C15H17N3/c16-15-9-17-8-13-6-7-18(11-14(13)15)10-12-4-2-1-3-5-12/h1-5,8-9H,6-7,10-11,16H2. The molecule has 18 heavy (non-hydrogen) atoms. The van der Waals surface area contributed by atoms with Crippen LogP contribution in [0.15, 0.2) is 42.7 Å². The highest BCUT2D eigenvalue weighted by molar-refractivity contribution is 5.49. The number of anilines is 1. The quantitative estimate of drug-likeness (QED) is 0.873. The van der Waals surface area contributed by atoms with E-state index in [1.165, 1.54) is 16.7 Å². The number of rotatable bonds is 2. The normalized spacial score (nSPS) is 15.3. The molecule has 0 bridgehead atoms. The highest BCUT2D eigenvalue weighted by Gasteiger charge is 2.18. The first-order valence-corrected chi connectivity index (χ1v) is 6.30. The molecule has 0 fully saturated rings. The van der Waals surface area contributed by atoms with Crippen molar-refractivity contribution in [3.05, 3.63) is 59.4 Å². The van der Waals surface area contributed by atoms with Gasteiger partial charge in [0.25, 0.3) is 0 Å². The van der Waals surface area contributed by atoms with E-state index in [9.17, 15) is 0 Å². The van der Waals surface area contributed by atoms with Gasteiger partial charge in [-0.05, 0) is 23.1 Å². The number of pyridine rings is 1. The second-order valence-electron chi connectivity index (χ2n) is 4.81. The fraction of sp³-hybridized carbons (Fsp3) is 0.267. The minimum Gasteiger partial charge on any atom is -0.397 e. The Bertz CT molecular complexity index is 537. The molecular weight excluding hydrogens is 222 g/mol. The summed E-state index contributed by atoms with van der Waals surface area (Å²) in [4.78, 5) is 6.60. The fourth-order valence-corrected chi connectivity index (χ4v) is 2.51. The number of aromatic nitrogens is 1. The van der Waals surface area contributed by atoms with E-state index in [1.54, 1.807) is 6.20 Å². The molecule has 0 radical (unpaired) electrons. The molecule has 2 aromatic rings. The van der Waals surface area contributed by atoms with E-state index in [-0.39, 0.29) is 0 Å². The summed E-state index contributed by atoms with van der Waals surface area (Å²) in [5.41, 5.74) is 10.7. The van der Waals surface area contributed by atoms with Gasteiger partial charge in [0.2, 0.25) is 0 Å². The first-order valence-electron chi connectivity index (χ1n) is 6.30. The van der Waals surface area contributed by atoms with E-state index in [1.807, 2.05) is 6.20 Å². The molecule has 1 aromatic heterocycles. The monoisotopic (exact) mass is 239 g/mol. The third kappa shape index (κ3) is 2.22. The van der Waals surface area contributed by atoms with Gasteiger partial charge in [0.05, 0.1) is 11.9 Å². The maximum atomic E-state index is 6.01. The predicted octanol–water partition coefficient (Wildman–Crippen LogP) is 2.22. The lowest BCUT2D eigenvalue weighted by Gasteiger charge is -2.29. The molecule has 0 saturated heterocycles. The average Bonchev–Trinajstić information content (AvgIpc) is 2.41. The maximum Gasteiger partial charge on any atom is 0.0549 e. The molecule has 1 aliphatic heterocycles. The summed E-state index contributed by atoms with van der Waals surface area (Å²) >= 11 is 0. The van der Waals surface area contributed by atoms with Crippen LogP contribution in [0, 0.1) is 0 Å². The smallest absolute Gasteiger partial charge is 0.0549 e. The minimum atomic E-state index is 0.824. The third-order valence-electron chi connectivity index (χ3n) is 3.51. The molecule has 3 heteroatoms. The summed E-state index contributed by atoms with van der Waals surface area (Å²) < 4.78 is 0. The van der Waals surface area contributed by atoms with Crippen LogP contribution in [0.3, 0.4) is 0 Å². The highest BCUT2D eigenvalue weighted by Crippen LogP contribution is 2.24. The van der Waals surface area contributed by atoms with Crippen LogP contribution in [0.5, 0.6) is 0 Å². The minimum absolute atomic E-state index is 0.824. The lowest BCUT2D eigenvalue weighted by molar-refractivity contribution is 0.246. The number of nitrogen functional groups attached to an aromatic ring is 1. The number of hydrogen-bond donors (Lipinski definition) is 1. The topological polar surface area (TPSA) is 42.1 Å². The van der Waals surface area contributed by atoms with Gasteiger partial charge < -0.3 is 5.73 Å². The van der Waals surface area contributed by atoms with Crippen molar-refractivity contribution in [3.8, 4) is 0 Å². The van der Waals surface area contributed by atoms with Crippen molar-refractivity contribution in [1.29, 1.82) is 0 Å². The number of nitrogens with zero attached hydrogens (tertiary/aromatic N) is 2. The molecule has 0 atom stereocenters. The second kappa shape index (κ2) is 4.78. The maximum absolute atomic E-state index is 6.01. The molecule has 0 aliphatic carbocycles. The molecule has 3 nitrogen and oxygen atoms in total. The third-order valence-corrected chi connectivity index (χ3v) is 3.51. The summed E-state index contributed by atoms with van der Waals surface area (Å²) in [6.07, 6.45) is 4.75. The molecule has 0 amide bonds. The van der Waals surface area contributed by atoms with Gasteiger partial charge in [0, 0.05) is 25.8 Å². The van der Waals surface area contributed by atoms with E-state index in [4.69, 9.17) is 5.73 Å². The molecule has 2 heterocycles. The highest BCUT2D eigenvalue weighted by atomic mass is 15.1. The Hall–Kier alpha value is -1.87. The van der Waals surface area contributed by atoms with Crippen LogP contribution in [0.25, 0.3) is 0 Å². The van der Waals surface area contributed by atoms with Crippen molar-refractivity contribution in [2.24, 2.45) is 0 Å². The average molecular weight is 239 g/mol. The van der Waals surface area contributed by atoms with Gasteiger partial charge in [-0.2, -0.15) is 0 Å². The number of fused-ring (bicyclic) bond motifs is 1. The van der Waals surface area contributed by atoms with Crippen molar-refractivity contribution < 1.29 is 0 Å². The zero-order chi connectivity index (χ0) is 12.4. The Labute approximate surface area is 107 Å². The molecule has 0 saturated carbocycles. The van der Waals surface area contributed by atoms with Crippen LogP contribution in [-0.2, 0) is 19.5 Å². The lowest BCUT2D eigenvalue weighted by Crippen LogP contribution is -2.30. The van der Waals surface area contributed by atoms with E-state index in [0.717, 1.165) is 31.7 Å². The number of benzene rings is 1. The van der Waals surface area contributed by atoms with Crippen LogP contribution in [0.1, 0.15) is 16.7 Å². The van der Waals surface area contributed by atoms with Crippen LogP contribution >= 0.6 is 0 Å². The van der Waals surface area contributed by atoms with Crippen LogP contribution in [0.2, 0.25) is 0 Å². The van der Waals surface area contributed by atoms with Gasteiger partial charge in [0.1, 0.15) is 0 Å². The van der Waals surface area contributed by atoms with Gasteiger partial charge in [-0.15, -0.1) is 0 Å². The Morgan fingerprint density at radius 3 is 2.83 bits per heavy atom. The van der Waals surface area contributed by atoms with Crippen LogP contribution in [-0.4, -0.2) is 16.4 Å². The molecule has 1 aliphatic rings. The van der Waals surface area contributed by atoms with Crippen LogP contribution in [0.4, 0.5) is 5.69 Å². The Kier molecular flexibility index (Phi) is 2.99. The summed E-state index contributed by atoms with van der Waals surface area (Å²) in [7, 11) is 0. The van der Waals surface area contributed by atoms with E-state index < -0.39 is 0 Å². The largest absolute Gasteiger partial charge is 0.397 e. The van der Waals surface area contributed by atoms with Crippen molar-refractivity contribution in [3.63, 3.8) is 0 Å². The van der Waals surface area contributed by atoms with E-state index >= 15 is 0 Å². The van der Waals surface area contributed by atoms with Crippen molar-refractivity contribution in [1.82, 2.24) is 9.88 Å². The molecule has 1 aromatic carbocycles. The zero-order valence-corrected chi connectivity index (χ0v) is 10.3. The molecular formula is C15H17N3. The number of hydrogen-bond acceptors (Lipinski definition) is 3. The van der Waals surface area contributed by atoms with Gasteiger partial charge >= 0.3 is 0 Å². The van der Waals surface area contributed by atoms with Crippen molar-refractivity contribution in [2.75, 3.05) is 12.3 Å². The molecule has 0 unspecified atom stereocenters. The molecule has 92 valence electrons. The first kappa shape index (κ1) is 11.2. The van der Waals surface area contributed by atoms with E-state index in [0.29, 0.717) is 0 Å². The van der Waals surface area contributed by atoms with Gasteiger partial charge in [-0.1, -0.05) is 30.3 Å². The summed E-state index contributed by atoms with van der Waals surface area (Å²) in [6.45, 7) is 2.99. The lowest BCUT2D eigenvalue weighted by atomic mass is 10.0.